The zero-order chi connectivity index (χ0) is 17.6. The van der Waals surface area contributed by atoms with E-state index >= 15 is 0 Å². The largest absolute Gasteiger partial charge is 0.465 e. The predicted molar refractivity (Wildman–Crippen MR) is 82.1 cm³/mol. The second kappa shape index (κ2) is 8.27. The highest BCUT2D eigenvalue weighted by molar-refractivity contribution is 5.86. The summed E-state index contributed by atoms with van der Waals surface area (Å²) in [6.07, 6.45) is -0.0912. The van der Waals surface area contributed by atoms with Crippen molar-refractivity contribution in [3.8, 4) is 0 Å². The van der Waals surface area contributed by atoms with E-state index in [1.54, 1.807) is 6.92 Å². The van der Waals surface area contributed by atoms with Crippen molar-refractivity contribution >= 4 is 17.9 Å². The zero-order valence-electron chi connectivity index (χ0n) is 13.9. The van der Waals surface area contributed by atoms with Gasteiger partial charge >= 0.3 is 12.0 Å². The third kappa shape index (κ3) is 4.56. The van der Waals surface area contributed by atoms with Gasteiger partial charge in [0.1, 0.15) is 6.54 Å². The number of ether oxygens (including phenoxy) is 2. The molecule has 2 rings (SSSR count). The lowest BCUT2D eigenvalue weighted by molar-refractivity contribution is -0.151. The fraction of sp³-hybridized carbons (Fsp3) is 0.800. The number of halogens is 1. The Kier molecular flexibility index (Phi) is 6.36. The predicted octanol–water partition coefficient (Wildman–Crippen LogP) is -0.0780. The van der Waals surface area contributed by atoms with Crippen molar-refractivity contribution in [3.05, 3.63) is 0 Å². The van der Waals surface area contributed by atoms with Crippen LogP contribution in [0.2, 0.25) is 0 Å². The van der Waals surface area contributed by atoms with Gasteiger partial charge in [-0.3, -0.25) is 9.59 Å². The minimum atomic E-state index is -1.94. The molecule has 2 aliphatic heterocycles. The molecule has 1 N–H and O–H groups in total. The molecule has 0 aromatic heterocycles. The molecule has 2 aliphatic rings. The van der Waals surface area contributed by atoms with Gasteiger partial charge < -0.3 is 24.6 Å². The number of hydrogen-bond donors (Lipinski definition) is 1. The smallest absolute Gasteiger partial charge is 0.325 e. The second-order valence-corrected chi connectivity index (χ2v) is 5.82. The van der Waals surface area contributed by atoms with E-state index in [0.29, 0.717) is 26.3 Å². The first-order valence-electron chi connectivity index (χ1n) is 8.20. The van der Waals surface area contributed by atoms with Gasteiger partial charge in [-0.05, 0) is 6.92 Å². The number of rotatable bonds is 4. The van der Waals surface area contributed by atoms with E-state index in [4.69, 9.17) is 9.47 Å². The molecule has 0 aromatic rings. The van der Waals surface area contributed by atoms with Gasteiger partial charge in [-0.25, -0.2) is 9.18 Å². The van der Waals surface area contributed by atoms with Crippen molar-refractivity contribution in [2.45, 2.75) is 25.4 Å². The Morgan fingerprint density at radius 1 is 1.12 bits per heavy atom. The van der Waals surface area contributed by atoms with Crippen LogP contribution in [0, 0.1) is 0 Å². The maximum absolute atomic E-state index is 14.9. The molecule has 136 valence electrons. The van der Waals surface area contributed by atoms with Crippen LogP contribution in [0.4, 0.5) is 9.18 Å². The van der Waals surface area contributed by atoms with Gasteiger partial charge in [-0.2, -0.15) is 0 Å². The molecule has 0 spiro atoms. The van der Waals surface area contributed by atoms with Crippen molar-refractivity contribution in [2.75, 3.05) is 52.5 Å². The molecule has 2 saturated heterocycles. The Balaban J connectivity index is 1.80. The molecular formula is C15H24FN3O5. The number of amides is 3. The summed E-state index contributed by atoms with van der Waals surface area (Å²) in [5.41, 5.74) is -1.94. The minimum absolute atomic E-state index is 0.0456. The number of nitrogens with zero attached hydrogens (tertiary/aromatic N) is 2. The molecular weight excluding hydrogens is 321 g/mol. The number of esters is 1. The molecule has 0 aromatic carbocycles. The maximum Gasteiger partial charge on any atom is 0.325 e. The average molecular weight is 345 g/mol. The molecule has 24 heavy (non-hydrogen) atoms. The van der Waals surface area contributed by atoms with E-state index in [1.165, 1.54) is 9.80 Å². The van der Waals surface area contributed by atoms with E-state index in [0.717, 1.165) is 0 Å². The highest BCUT2D eigenvalue weighted by atomic mass is 19.1. The quantitative estimate of drug-likeness (QED) is 0.720. The standard InChI is InChI=1S/C15H24FN3O5/c1-2-24-12(20)11-17-14(22)19-5-3-15(16,4-6-19)13(21)18-7-9-23-10-8-18/h2-11H2,1H3,(H,17,22). The molecule has 9 heteroatoms. The number of carbonyl (C=O) groups is 3. The average Bonchev–Trinajstić information content (AvgIpc) is 2.60. The van der Waals surface area contributed by atoms with Crippen molar-refractivity contribution < 1.29 is 28.2 Å². The number of morpholine rings is 1. The lowest BCUT2D eigenvalue weighted by atomic mass is 9.91. The van der Waals surface area contributed by atoms with Crippen molar-refractivity contribution in [1.82, 2.24) is 15.1 Å². The van der Waals surface area contributed by atoms with Crippen LogP contribution < -0.4 is 5.32 Å². The van der Waals surface area contributed by atoms with E-state index < -0.39 is 23.6 Å². The number of nitrogens with one attached hydrogen (secondary N) is 1. The van der Waals surface area contributed by atoms with Crippen LogP contribution in [-0.4, -0.2) is 85.9 Å². The summed E-state index contributed by atoms with van der Waals surface area (Å²) in [6.45, 7) is 3.58. The first-order chi connectivity index (χ1) is 11.5. The third-order valence-corrected chi connectivity index (χ3v) is 4.21. The van der Waals surface area contributed by atoms with E-state index in [2.05, 4.69) is 5.32 Å². The Morgan fingerprint density at radius 3 is 2.33 bits per heavy atom. The van der Waals surface area contributed by atoms with Gasteiger partial charge in [-0.1, -0.05) is 0 Å². The molecule has 3 amide bonds. The molecule has 8 nitrogen and oxygen atoms in total. The number of piperidine rings is 1. The van der Waals surface area contributed by atoms with E-state index in [1.807, 2.05) is 0 Å². The summed E-state index contributed by atoms with van der Waals surface area (Å²) in [5, 5.41) is 2.44. The number of urea groups is 1. The molecule has 2 heterocycles. The Labute approximate surface area is 140 Å². The molecule has 0 aliphatic carbocycles. The molecule has 0 bridgehead atoms. The maximum atomic E-state index is 14.9. The van der Waals surface area contributed by atoms with Crippen LogP contribution in [-0.2, 0) is 19.1 Å². The Morgan fingerprint density at radius 2 is 1.75 bits per heavy atom. The normalized spacial score (nSPS) is 20.4. The summed E-state index contributed by atoms with van der Waals surface area (Å²) < 4.78 is 24.8. The van der Waals surface area contributed by atoms with Crippen LogP contribution in [0.15, 0.2) is 0 Å². The monoisotopic (exact) mass is 345 g/mol. The SMILES string of the molecule is CCOC(=O)CNC(=O)N1CCC(F)(C(=O)N2CCOCC2)CC1. The first-order valence-corrected chi connectivity index (χ1v) is 8.20. The highest BCUT2D eigenvalue weighted by Gasteiger charge is 2.45. The molecule has 0 radical (unpaired) electrons. The summed E-state index contributed by atoms with van der Waals surface area (Å²) in [6, 6.07) is -0.455. The van der Waals surface area contributed by atoms with Gasteiger partial charge in [0.2, 0.25) is 0 Å². The van der Waals surface area contributed by atoms with Gasteiger partial charge in [0.25, 0.3) is 5.91 Å². The van der Waals surface area contributed by atoms with Crippen LogP contribution in [0.5, 0.6) is 0 Å². The van der Waals surface area contributed by atoms with Crippen LogP contribution in [0.1, 0.15) is 19.8 Å². The zero-order valence-corrected chi connectivity index (χ0v) is 13.9. The van der Waals surface area contributed by atoms with Gasteiger partial charge in [-0.15, -0.1) is 0 Å². The Hall–Kier alpha value is -1.90. The van der Waals surface area contributed by atoms with E-state index in [9.17, 15) is 18.8 Å². The van der Waals surface area contributed by atoms with Crippen molar-refractivity contribution in [2.24, 2.45) is 0 Å². The molecule has 0 unspecified atom stereocenters. The molecule has 2 fully saturated rings. The van der Waals surface area contributed by atoms with Gasteiger partial charge in [0, 0.05) is 39.0 Å². The number of carbonyl (C=O) groups excluding carboxylic acids is 3. The summed E-state index contributed by atoms with van der Waals surface area (Å²) >= 11 is 0. The molecule has 0 saturated carbocycles. The van der Waals surface area contributed by atoms with Gasteiger partial charge in [0.15, 0.2) is 5.67 Å². The van der Waals surface area contributed by atoms with Crippen LogP contribution >= 0.6 is 0 Å². The van der Waals surface area contributed by atoms with Crippen molar-refractivity contribution in [1.29, 1.82) is 0 Å². The lowest BCUT2D eigenvalue weighted by Gasteiger charge is -2.39. The topological polar surface area (TPSA) is 88.2 Å². The van der Waals surface area contributed by atoms with Crippen LogP contribution in [0.3, 0.4) is 0 Å². The second-order valence-electron chi connectivity index (χ2n) is 5.82. The van der Waals surface area contributed by atoms with E-state index in [-0.39, 0.29) is 39.1 Å². The summed E-state index contributed by atoms with van der Waals surface area (Å²) in [7, 11) is 0. The fourth-order valence-corrected chi connectivity index (χ4v) is 2.80. The number of likely N-dealkylation sites (tertiary alicyclic amines) is 1. The third-order valence-electron chi connectivity index (χ3n) is 4.21. The summed E-state index contributed by atoms with van der Waals surface area (Å²) in [5.74, 6) is -1.04. The highest BCUT2D eigenvalue weighted by Crippen LogP contribution is 2.29. The lowest BCUT2D eigenvalue weighted by Crippen LogP contribution is -2.56. The van der Waals surface area contributed by atoms with Gasteiger partial charge in [0.05, 0.1) is 19.8 Å². The van der Waals surface area contributed by atoms with Crippen LogP contribution in [0.25, 0.3) is 0 Å². The number of hydrogen-bond acceptors (Lipinski definition) is 5. The molecule has 0 atom stereocenters. The Bertz CT molecular complexity index is 474. The summed E-state index contributed by atoms with van der Waals surface area (Å²) in [4.78, 5) is 38.4. The number of alkyl halides is 1. The fourth-order valence-electron chi connectivity index (χ4n) is 2.80. The minimum Gasteiger partial charge on any atom is -0.465 e. The first kappa shape index (κ1) is 18.4. The van der Waals surface area contributed by atoms with Crippen molar-refractivity contribution in [3.63, 3.8) is 0 Å².